The van der Waals surface area contributed by atoms with E-state index in [0.717, 1.165) is 34.4 Å². The van der Waals surface area contributed by atoms with Gasteiger partial charge in [0.25, 0.3) is 0 Å². The van der Waals surface area contributed by atoms with Gasteiger partial charge in [0.15, 0.2) is 5.01 Å². The Hall–Kier alpha value is -1.66. The van der Waals surface area contributed by atoms with Gasteiger partial charge in [0.05, 0.1) is 6.61 Å². The molecule has 0 amide bonds. The zero-order chi connectivity index (χ0) is 13.5. The SMILES string of the molecule is CCCNc1nnc(COc2ccc(CO)cc2)s1. The molecule has 0 spiro atoms. The van der Waals surface area contributed by atoms with E-state index in [2.05, 4.69) is 22.4 Å². The highest BCUT2D eigenvalue weighted by atomic mass is 32.1. The van der Waals surface area contributed by atoms with Gasteiger partial charge in [-0.1, -0.05) is 30.4 Å². The molecule has 0 unspecified atom stereocenters. The van der Waals surface area contributed by atoms with Crippen LogP contribution in [-0.2, 0) is 13.2 Å². The van der Waals surface area contributed by atoms with Crippen LogP contribution in [0.5, 0.6) is 5.75 Å². The number of nitrogens with zero attached hydrogens (tertiary/aromatic N) is 2. The van der Waals surface area contributed by atoms with Gasteiger partial charge in [0.2, 0.25) is 5.13 Å². The fourth-order valence-corrected chi connectivity index (χ4v) is 2.13. The maximum absolute atomic E-state index is 8.95. The van der Waals surface area contributed by atoms with Crippen molar-refractivity contribution in [1.82, 2.24) is 10.2 Å². The Labute approximate surface area is 116 Å². The average molecular weight is 279 g/mol. The molecule has 2 N–H and O–H groups in total. The van der Waals surface area contributed by atoms with E-state index in [1.807, 2.05) is 24.3 Å². The predicted octanol–water partition coefficient (Wildman–Crippen LogP) is 2.43. The Bertz CT molecular complexity index is 499. The lowest BCUT2D eigenvalue weighted by molar-refractivity contribution is 0.280. The van der Waals surface area contributed by atoms with Crippen molar-refractivity contribution in [3.63, 3.8) is 0 Å². The van der Waals surface area contributed by atoms with Gasteiger partial charge in [-0.3, -0.25) is 0 Å². The summed E-state index contributed by atoms with van der Waals surface area (Å²) in [5.74, 6) is 0.760. The number of benzene rings is 1. The Morgan fingerprint density at radius 1 is 1.26 bits per heavy atom. The standard InChI is InChI=1S/C13H17N3O2S/c1-2-7-14-13-16-15-12(19-13)9-18-11-5-3-10(8-17)4-6-11/h3-6,17H,2,7-9H2,1H3,(H,14,16). The van der Waals surface area contributed by atoms with E-state index >= 15 is 0 Å². The van der Waals surface area contributed by atoms with Crippen LogP contribution in [0.4, 0.5) is 5.13 Å². The number of rotatable bonds is 7. The van der Waals surface area contributed by atoms with Crippen molar-refractivity contribution < 1.29 is 9.84 Å². The summed E-state index contributed by atoms with van der Waals surface area (Å²) >= 11 is 1.50. The first-order chi connectivity index (χ1) is 9.31. The first-order valence-corrected chi connectivity index (χ1v) is 7.02. The predicted molar refractivity (Wildman–Crippen MR) is 75.4 cm³/mol. The van der Waals surface area contributed by atoms with Crippen LogP contribution in [0.1, 0.15) is 23.9 Å². The minimum absolute atomic E-state index is 0.0448. The molecule has 0 aliphatic rings. The number of aliphatic hydroxyl groups excluding tert-OH is 1. The van der Waals surface area contributed by atoms with Crippen molar-refractivity contribution in [3.8, 4) is 5.75 Å². The molecular weight excluding hydrogens is 262 g/mol. The molecule has 0 aliphatic carbocycles. The van der Waals surface area contributed by atoms with Crippen molar-refractivity contribution in [2.75, 3.05) is 11.9 Å². The van der Waals surface area contributed by atoms with Crippen molar-refractivity contribution in [3.05, 3.63) is 34.8 Å². The summed E-state index contributed by atoms with van der Waals surface area (Å²) < 4.78 is 5.61. The van der Waals surface area contributed by atoms with E-state index in [1.165, 1.54) is 11.3 Å². The van der Waals surface area contributed by atoms with E-state index in [9.17, 15) is 0 Å². The minimum Gasteiger partial charge on any atom is -0.486 e. The van der Waals surface area contributed by atoms with Crippen LogP contribution in [0.2, 0.25) is 0 Å². The van der Waals surface area contributed by atoms with Gasteiger partial charge in [0, 0.05) is 6.54 Å². The van der Waals surface area contributed by atoms with Crippen LogP contribution in [0.25, 0.3) is 0 Å². The topological polar surface area (TPSA) is 67.3 Å². The van der Waals surface area contributed by atoms with E-state index < -0.39 is 0 Å². The molecule has 0 aliphatic heterocycles. The molecule has 0 fully saturated rings. The van der Waals surface area contributed by atoms with E-state index in [1.54, 1.807) is 0 Å². The molecule has 1 heterocycles. The van der Waals surface area contributed by atoms with Gasteiger partial charge in [-0.25, -0.2) is 0 Å². The molecule has 19 heavy (non-hydrogen) atoms. The third-order valence-electron chi connectivity index (χ3n) is 2.46. The Balaban J connectivity index is 1.85. The van der Waals surface area contributed by atoms with Gasteiger partial charge >= 0.3 is 0 Å². The van der Waals surface area contributed by atoms with E-state index in [-0.39, 0.29) is 6.61 Å². The number of ether oxygens (including phenoxy) is 1. The van der Waals surface area contributed by atoms with Crippen LogP contribution in [0.3, 0.4) is 0 Å². The molecule has 0 saturated heterocycles. The quantitative estimate of drug-likeness (QED) is 0.814. The summed E-state index contributed by atoms with van der Waals surface area (Å²) in [7, 11) is 0. The molecule has 6 heteroatoms. The highest BCUT2D eigenvalue weighted by Gasteiger charge is 2.04. The number of hydrogen-bond acceptors (Lipinski definition) is 6. The smallest absolute Gasteiger partial charge is 0.205 e. The van der Waals surface area contributed by atoms with Crippen molar-refractivity contribution in [2.24, 2.45) is 0 Å². The van der Waals surface area contributed by atoms with Gasteiger partial charge in [-0.05, 0) is 24.1 Å². The lowest BCUT2D eigenvalue weighted by Crippen LogP contribution is -1.98. The lowest BCUT2D eigenvalue weighted by atomic mass is 10.2. The van der Waals surface area contributed by atoms with Crippen molar-refractivity contribution in [2.45, 2.75) is 26.6 Å². The minimum atomic E-state index is 0.0448. The lowest BCUT2D eigenvalue weighted by Gasteiger charge is -2.04. The first-order valence-electron chi connectivity index (χ1n) is 6.20. The van der Waals surface area contributed by atoms with E-state index in [0.29, 0.717) is 6.61 Å². The third-order valence-corrected chi connectivity index (χ3v) is 3.32. The molecule has 0 atom stereocenters. The molecule has 0 bridgehead atoms. The van der Waals surface area contributed by atoms with E-state index in [4.69, 9.17) is 9.84 Å². The second kappa shape index (κ2) is 7.06. The molecule has 5 nitrogen and oxygen atoms in total. The maximum Gasteiger partial charge on any atom is 0.205 e. The fraction of sp³-hybridized carbons (Fsp3) is 0.385. The first kappa shape index (κ1) is 13.8. The average Bonchev–Trinajstić information content (AvgIpc) is 2.91. The van der Waals surface area contributed by atoms with Gasteiger partial charge < -0.3 is 15.2 Å². The largest absolute Gasteiger partial charge is 0.486 e. The van der Waals surface area contributed by atoms with Crippen molar-refractivity contribution in [1.29, 1.82) is 0 Å². The summed E-state index contributed by atoms with van der Waals surface area (Å²) in [6, 6.07) is 7.35. The molecule has 2 aromatic rings. The Morgan fingerprint density at radius 2 is 2.05 bits per heavy atom. The number of hydrogen-bond donors (Lipinski definition) is 2. The summed E-state index contributed by atoms with van der Waals surface area (Å²) in [6.07, 6.45) is 1.06. The second-order valence-electron chi connectivity index (χ2n) is 4.02. The maximum atomic E-state index is 8.95. The normalized spacial score (nSPS) is 10.4. The third kappa shape index (κ3) is 4.18. The second-order valence-corrected chi connectivity index (χ2v) is 5.08. The number of aliphatic hydroxyl groups is 1. The summed E-state index contributed by atoms with van der Waals surface area (Å²) in [4.78, 5) is 0. The van der Waals surface area contributed by atoms with Crippen molar-refractivity contribution >= 4 is 16.5 Å². The highest BCUT2D eigenvalue weighted by molar-refractivity contribution is 7.15. The van der Waals surface area contributed by atoms with Crippen LogP contribution in [0.15, 0.2) is 24.3 Å². The zero-order valence-electron chi connectivity index (χ0n) is 10.8. The molecule has 1 aromatic heterocycles. The number of nitrogens with one attached hydrogen (secondary N) is 1. The molecule has 1 aromatic carbocycles. The molecule has 0 radical (unpaired) electrons. The summed E-state index contributed by atoms with van der Waals surface area (Å²) in [5.41, 5.74) is 0.870. The molecule has 2 rings (SSSR count). The Kier molecular flexibility index (Phi) is 5.11. The zero-order valence-corrected chi connectivity index (χ0v) is 11.6. The van der Waals surface area contributed by atoms with Crippen LogP contribution in [0, 0.1) is 0 Å². The number of anilines is 1. The van der Waals surface area contributed by atoms with Crippen LogP contribution < -0.4 is 10.1 Å². The molecule has 0 saturated carbocycles. The molecular formula is C13H17N3O2S. The van der Waals surface area contributed by atoms with Crippen LogP contribution >= 0.6 is 11.3 Å². The molecule has 102 valence electrons. The van der Waals surface area contributed by atoms with Gasteiger partial charge in [-0.15, -0.1) is 10.2 Å². The van der Waals surface area contributed by atoms with Gasteiger partial charge in [-0.2, -0.15) is 0 Å². The summed E-state index contributed by atoms with van der Waals surface area (Å²) in [6.45, 7) is 3.46. The Morgan fingerprint density at radius 3 is 2.74 bits per heavy atom. The van der Waals surface area contributed by atoms with Gasteiger partial charge in [0.1, 0.15) is 12.4 Å². The highest BCUT2D eigenvalue weighted by Crippen LogP contribution is 2.18. The monoisotopic (exact) mass is 279 g/mol. The summed E-state index contributed by atoms with van der Waals surface area (Å²) in [5, 5.41) is 21.9. The fourth-order valence-electron chi connectivity index (χ4n) is 1.45. The van der Waals surface area contributed by atoms with Crippen LogP contribution in [-0.4, -0.2) is 21.8 Å². The number of aromatic nitrogens is 2.